The largest absolute Gasteiger partial charge is 0.484 e. The van der Waals surface area contributed by atoms with Crippen LogP contribution in [0.15, 0.2) is 36.4 Å². The number of ether oxygens (including phenoxy) is 1. The van der Waals surface area contributed by atoms with E-state index >= 15 is 0 Å². The Balaban J connectivity index is 1.36. The lowest BCUT2D eigenvalue weighted by molar-refractivity contribution is -0.141. The maximum absolute atomic E-state index is 13.5. The summed E-state index contributed by atoms with van der Waals surface area (Å²) >= 11 is 5.62. The van der Waals surface area contributed by atoms with E-state index in [9.17, 15) is 32.3 Å². The number of alkyl halides is 3. The van der Waals surface area contributed by atoms with E-state index in [1.165, 1.54) is 18.2 Å². The van der Waals surface area contributed by atoms with Gasteiger partial charge in [-0.1, -0.05) is 17.7 Å². The predicted molar refractivity (Wildman–Crippen MR) is 116 cm³/mol. The summed E-state index contributed by atoms with van der Waals surface area (Å²) in [4.78, 5) is 28.6. The highest BCUT2D eigenvalue weighted by Crippen LogP contribution is 2.47. The van der Waals surface area contributed by atoms with Gasteiger partial charge in [0.05, 0.1) is 16.7 Å². The highest BCUT2D eigenvalue weighted by Gasteiger charge is 2.55. The van der Waals surface area contributed by atoms with Crippen molar-refractivity contribution in [1.29, 1.82) is 0 Å². The van der Waals surface area contributed by atoms with Gasteiger partial charge in [0.1, 0.15) is 23.0 Å². The molecule has 2 aromatic rings. The minimum atomic E-state index is -4.68. The molecule has 0 unspecified atom stereocenters. The molecule has 2 bridgehead atoms. The van der Waals surface area contributed by atoms with Crippen LogP contribution in [0.2, 0.25) is 5.02 Å². The number of aliphatic hydroxyl groups is 1. The second kappa shape index (κ2) is 9.27. The number of pyridine rings is 1. The standard InChI is InChI=1S/C23H22ClF4N3O4/c24-14-5-4-13(10-15(14)25)35-12-19(33)30-22-8-6-21(7-9-22,11-18(22)32)31-20(34)16-2-1-3-17(29-16)23(26,27)28/h1-5,10,18,32H,6-9,11-12H2,(H,30,33)(H,31,34)/t18-,21?,22?/m0/s1. The second-order valence-corrected chi connectivity index (χ2v) is 9.34. The van der Waals surface area contributed by atoms with Gasteiger partial charge in [-0.25, -0.2) is 9.37 Å². The summed E-state index contributed by atoms with van der Waals surface area (Å²) in [6.07, 6.45) is -4.09. The van der Waals surface area contributed by atoms with E-state index in [1.54, 1.807) is 0 Å². The number of amides is 2. The van der Waals surface area contributed by atoms with Gasteiger partial charge in [0.25, 0.3) is 11.8 Å². The summed E-state index contributed by atoms with van der Waals surface area (Å²) in [7, 11) is 0. The van der Waals surface area contributed by atoms with Crippen molar-refractivity contribution in [2.45, 2.75) is 55.5 Å². The number of carbonyl (C=O) groups is 2. The molecule has 0 spiro atoms. The Bertz CT molecular complexity index is 1140. The molecule has 3 aliphatic carbocycles. The van der Waals surface area contributed by atoms with E-state index in [4.69, 9.17) is 16.3 Å². The minimum Gasteiger partial charge on any atom is -0.484 e. The lowest BCUT2D eigenvalue weighted by Gasteiger charge is -2.56. The maximum atomic E-state index is 13.5. The normalized spacial score (nSPS) is 25.7. The fraction of sp³-hybridized carbons (Fsp3) is 0.435. The average molecular weight is 516 g/mol. The smallest absolute Gasteiger partial charge is 0.433 e. The van der Waals surface area contributed by atoms with E-state index in [2.05, 4.69) is 15.6 Å². The van der Waals surface area contributed by atoms with Crippen LogP contribution in [0.4, 0.5) is 17.6 Å². The molecule has 7 nitrogen and oxygen atoms in total. The number of aliphatic hydroxyl groups excluding tert-OH is 1. The third kappa shape index (κ3) is 5.35. The predicted octanol–water partition coefficient (Wildman–Crippen LogP) is 3.63. The Labute approximate surface area is 202 Å². The van der Waals surface area contributed by atoms with Crippen molar-refractivity contribution in [2.24, 2.45) is 0 Å². The van der Waals surface area contributed by atoms with Crippen molar-refractivity contribution < 1.29 is 37.0 Å². The number of hydrogen-bond donors (Lipinski definition) is 3. The van der Waals surface area contributed by atoms with E-state index < -0.39 is 53.3 Å². The van der Waals surface area contributed by atoms with E-state index in [0.717, 1.165) is 18.2 Å². The molecule has 0 saturated heterocycles. The summed E-state index contributed by atoms with van der Waals surface area (Å²) in [5.74, 6) is -1.83. The van der Waals surface area contributed by atoms with Crippen LogP contribution in [0, 0.1) is 5.82 Å². The number of nitrogens with zero attached hydrogens (tertiary/aromatic N) is 1. The van der Waals surface area contributed by atoms with Crippen LogP contribution >= 0.6 is 11.6 Å². The van der Waals surface area contributed by atoms with Crippen molar-refractivity contribution in [2.75, 3.05) is 6.61 Å². The van der Waals surface area contributed by atoms with Gasteiger partial charge in [-0.15, -0.1) is 0 Å². The quantitative estimate of drug-likeness (QED) is 0.510. The lowest BCUT2D eigenvalue weighted by atomic mass is 9.60. The number of halogens is 5. The molecule has 3 fully saturated rings. The molecular weight excluding hydrogens is 494 g/mol. The van der Waals surface area contributed by atoms with Crippen molar-refractivity contribution in [3.8, 4) is 5.75 Å². The van der Waals surface area contributed by atoms with E-state index in [-0.39, 0.29) is 22.9 Å². The molecule has 3 N–H and O–H groups in total. The van der Waals surface area contributed by atoms with Gasteiger partial charge >= 0.3 is 6.18 Å². The Morgan fingerprint density at radius 3 is 2.49 bits per heavy atom. The third-order valence-corrected chi connectivity index (χ3v) is 6.93. The fourth-order valence-corrected chi connectivity index (χ4v) is 4.83. The van der Waals surface area contributed by atoms with Crippen LogP contribution in [0.5, 0.6) is 5.75 Å². The number of rotatable bonds is 6. The second-order valence-electron chi connectivity index (χ2n) is 8.93. The Kier molecular flexibility index (Phi) is 6.67. The van der Waals surface area contributed by atoms with Crippen LogP contribution < -0.4 is 15.4 Å². The molecule has 5 rings (SSSR count). The lowest BCUT2D eigenvalue weighted by Crippen LogP contribution is -2.70. The molecule has 1 heterocycles. The number of fused-ring (bicyclic) bond motifs is 3. The van der Waals surface area contributed by atoms with Crippen LogP contribution in [0.25, 0.3) is 0 Å². The van der Waals surface area contributed by atoms with E-state index in [0.29, 0.717) is 25.7 Å². The molecule has 1 aromatic heterocycles. The van der Waals surface area contributed by atoms with Crippen molar-refractivity contribution in [3.63, 3.8) is 0 Å². The molecule has 3 saturated carbocycles. The van der Waals surface area contributed by atoms with Gasteiger partial charge < -0.3 is 20.5 Å². The van der Waals surface area contributed by atoms with Gasteiger partial charge in [-0.2, -0.15) is 13.2 Å². The number of hydrogen-bond acceptors (Lipinski definition) is 5. The number of carbonyl (C=O) groups excluding carboxylic acids is 2. The Hall–Kier alpha value is -2.92. The van der Waals surface area contributed by atoms with Crippen molar-refractivity contribution in [3.05, 3.63) is 58.6 Å². The van der Waals surface area contributed by atoms with Crippen LogP contribution in [0.1, 0.15) is 48.3 Å². The van der Waals surface area contributed by atoms with Crippen LogP contribution in [0.3, 0.4) is 0 Å². The molecule has 1 atom stereocenters. The summed E-state index contributed by atoms with van der Waals surface area (Å²) in [5.41, 5.74) is -3.28. The average Bonchev–Trinajstić information content (AvgIpc) is 2.80. The first-order chi connectivity index (χ1) is 16.4. The summed E-state index contributed by atoms with van der Waals surface area (Å²) < 4.78 is 57.6. The summed E-state index contributed by atoms with van der Waals surface area (Å²) in [5, 5.41) is 16.3. The van der Waals surface area contributed by atoms with Gasteiger partial charge in [-0.05, 0) is 56.4 Å². The highest BCUT2D eigenvalue weighted by molar-refractivity contribution is 6.30. The SMILES string of the molecule is O=C(COc1ccc(Cl)c(F)c1)NC12CCC(NC(=O)c3cccc(C(F)(F)F)n3)(CC1)C[C@@H]2O. The van der Waals surface area contributed by atoms with Crippen LogP contribution in [-0.4, -0.2) is 45.7 Å². The molecule has 2 amide bonds. The topological polar surface area (TPSA) is 101 Å². The number of nitrogens with one attached hydrogen (secondary N) is 2. The van der Waals surface area contributed by atoms with Crippen molar-refractivity contribution in [1.82, 2.24) is 15.6 Å². The minimum absolute atomic E-state index is 0.0763. The van der Waals surface area contributed by atoms with Gasteiger partial charge in [0.2, 0.25) is 0 Å². The van der Waals surface area contributed by atoms with Crippen LogP contribution in [-0.2, 0) is 11.0 Å². The molecule has 3 aliphatic rings. The van der Waals surface area contributed by atoms with Gasteiger partial charge in [0.15, 0.2) is 6.61 Å². The molecular formula is C23H22ClF4N3O4. The summed E-state index contributed by atoms with van der Waals surface area (Å²) in [6, 6.07) is 6.87. The number of aromatic nitrogens is 1. The third-order valence-electron chi connectivity index (χ3n) is 6.62. The zero-order valence-electron chi connectivity index (χ0n) is 18.3. The Morgan fingerprint density at radius 1 is 1.14 bits per heavy atom. The highest BCUT2D eigenvalue weighted by atomic mass is 35.5. The fourth-order valence-electron chi connectivity index (χ4n) is 4.72. The zero-order valence-corrected chi connectivity index (χ0v) is 19.0. The molecule has 12 heteroatoms. The monoisotopic (exact) mass is 515 g/mol. The first kappa shape index (κ1) is 25.2. The molecule has 0 radical (unpaired) electrons. The first-order valence-electron chi connectivity index (χ1n) is 10.9. The van der Waals surface area contributed by atoms with Gasteiger partial charge in [0, 0.05) is 11.6 Å². The summed E-state index contributed by atoms with van der Waals surface area (Å²) in [6.45, 7) is -0.404. The van der Waals surface area contributed by atoms with E-state index in [1.807, 2.05) is 0 Å². The molecule has 0 aliphatic heterocycles. The Morgan fingerprint density at radius 2 is 1.86 bits per heavy atom. The van der Waals surface area contributed by atoms with Crippen molar-refractivity contribution >= 4 is 23.4 Å². The zero-order chi connectivity index (χ0) is 25.4. The van der Waals surface area contributed by atoms with Gasteiger partial charge in [-0.3, -0.25) is 9.59 Å². The first-order valence-corrected chi connectivity index (χ1v) is 11.2. The molecule has 1 aromatic carbocycles. The maximum Gasteiger partial charge on any atom is 0.433 e. The molecule has 188 valence electrons. The number of benzene rings is 1. The molecule has 35 heavy (non-hydrogen) atoms.